The Morgan fingerprint density at radius 1 is 0.232 bits per heavy atom. The van der Waals surface area contributed by atoms with Crippen LogP contribution in [0.15, 0.2) is 200 Å². The molecule has 5 nitrogen and oxygen atoms in total. The van der Waals surface area contributed by atoms with Gasteiger partial charge in [0.1, 0.15) is 0 Å². The van der Waals surface area contributed by atoms with Gasteiger partial charge in [-0.05, 0) is 50.9 Å². The molecule has 0 aliphatic rings. The molecule has 0 fully saturated rings. The zero-order chi connectivity index (χ0) is 37.3. The summed E-state index contributed by atoms with van der Waals surface area (Å²) in [6.45, 7) is 0. The van der Waals surface area contributed by atoms with Gasteiger partial charge < -0.3 is 0 Å². The van der Waals surface area contributed by atoms with Crippen LogP contribution in [0.3, 0.4) is 0 Å². The van der Waals surface area contributed by atoms with E-state index < -0.39 is 0 Å². The Morgan fingerprint density at radius 2 is 0.643 bits per heavy atom. The molecule has 0 spiro atoms. The highest BCUT2D eigenvalue weighted by molar-refractivity contribution is 6.04. The minimum atomic E-state index is 0.627. The Bertz CT molecular complexity index is 2950. The van der Waals surface area contributed by atoms with Crippen LogP contribution in [0.2, 0.25) is 0 Å². The minimum absolute atomic E-state index is 0.627. The fraction of sp³-hybridized carbons (Fsp3) is 0. The fourth-order valence-electron chi connectivity index (χ4n) is 7.33. The summed E-state index contributed by atoms with van der Waals surface area (Å²) in [5.41, 5.74) is 9.95. The van der Waals surface area contributed by atoms with E-state index >= 15 is 0 Å². The SMILES string of the molecule is c1ccc(-c2nc(-c3ccc4cc(-c5nc(-c6ccccc6)nc(-c6ccccc6)n5)ccc4c3)cc(-c3cccc4c(-c5ccccc5)cccc34)n2)cc1. The first-order valence-corrected chi connectivity index (χ1v) is 18.7. The van der Waals surface area contributed by atoms with Crippen LogP contribution in [0.4, 0.5) is 0 Å². The molecule has 0 aliphatic carbocycles. The summed E-state index contributed by atoms with van der Waals surface area (Å²) in [4.78, 5) is 25.1. The zero-order valence-electron chi connectivity index (χ0n) is 30.3. The highest BCUT2D eigenvalue weighted by Gasteiger charge is 2.16. The predicted molar refractivity (Wildman–Crippen MR) is 228 cm³/mol. The van der Waals surface area contributed by atoms with E-state index in [1.807, 2.05) is 78.9 Å². The van der Waals surface area contributed by atoms with Gasteiger partial charge in [0.05, 0.1) is 11.4 Å². The number of nitrogens with zero attached hydrogens (tertiary/aromatic N) is 5. The Labute approximate surface area is 324 Å². The Morgan fingerprint density at radius 3 is 1.20 bits per heavy atom. The van der Waals surface area contributed by atoms with Crippen molar-refractivity contribution in [1.82, 2.24) is 24.9 Å². The predicted octanol–water partition coefficient (Wildman–Crippen LogP) is 12.6. The molecule has 2 heterocycles. The number of rotatable bonds is 7. The largest absolute Gasteiger partial charge is 0.228 e. The van der Waals surface area contributed by atoms with Gasteiger partial charge in [0, 0.05) is 33.4 Å². The molecule has 0 aliphatic heterocycles. The molecule has 262 valence electrons. The highest BCUT2D eigenvalue weighted by Crippen LogP contribution is 2.37. The molecule has 0 radical (unpaired) electrons. The molecule has 0 bridgehead atoms. The molecule has 0 atom stereocenters. The average molecular weight is 716 g/mol. The van der Waals surface area contributed by atoms with Crippen molar-refractivity contribution in [1.29, 1.82) is 0 Å². The van der Waals surface area contributed by atoms with Crippen molar-refractivity contribution in [2.75, 3.05) is 0 Å². The average Bonchev–Trinajstić information content (AvgIpc) is 3.29. The van der Waals surface area contributed by atoms with E-state index in [1.165, 1.54) is 16.5 Å². The van der Waals surface area contributed by atoms with Crippen molar-refractivity contribution in [3.05, 3.63) is 200 Å². The van der Waals surface area contributed by atoms with Crippen molar-refractivity contribution in [3.63, 3.8) is 0 Å². The number of hydrogen-bond donors (Lipinski definition) is 0. The topological polar surface area (TPSA) is 64.5 Å². The fourth-order valence-corrected chi connectivity index (χ4v) is 7.33. The van der Waals surface area contributed by atoms with Crippen LogP contribution < -0.4 is 0 Å². The lowest BCUT2D eigenvalue weighted by atomic mass is 9.94. The molecular weight excluding hydrogens is 683 g/mol. The van der Waals surface area contributed by atoms with Crippen molar-refractivity contribution < 1.29 is 0 Å². The minimum Gasteiger partial charge on any atom is -0.228 e. The smallest absolute Gasteiger partial charge is 0.164 e. The molecule has 5 heteroatoms. The maximum absolute atomic E-state index is 5.19. The monoisotopic (exact) mass is 715 g/mol. The van der Waals surface area contributed by atoms with Crippen LogP contribution in [0, 0.1) is 0 Å². The van der Waals surface area contributed by atoms with E-state index in [1.54, 1.807) is 0 Å². The second kappa shape index (κ2) is 14.3. The van der Waals surface area contributed by atoms with Gasteiger partial charge in [-0.1, -0.05) is 182 Å². The number of benzene rings is 8. The normalized spacial score (nSPS) is 11.2. The molecule has 8 aromatic carbocycles. The molecule has 0 unspecified atom stereocenters. The van der Waals surface area contributed by atoms with Gasteiger partial charge in [-0.2, -0.15) is 0 Å². The quantitative estimate of drug-likeness (QED) is 0.164. The zero-order valence-corrected chi connectivity index (χ0v) is 30.3. The highest BCUT2D eigenvalue weighted by atomic mass is 15.0. The summed E-state index contributed by atoms with van der Waals surface area (Å²) >= 11 is 0. The van der Waals surface area contributed by atoms with Crippen LogP contribution >= 0.6 is 0 Å². The first kappa shape index (κ1) is 33.0. The van der Waals surface area contributed by atoms with Gasteiger partial charge in [0.2, 0.25) is 0 Å². The lowest BCUT2D eigenvalue weighted by molar-refractivity contribution is 1.07. The second-order valence-corrected chi connectivity index (χ2v) is 13.7. The van der Waals surface area contributed by atoms with E-state index in [-0.39, 0.29) is 0 Å². The van der Waals surface area contributed by atoms with Crippen LogP contribution in [0.1, 0.15) is 0 Å². The van der Waals surface area contributed by atoms with Crippen molar-refractivity contribution in [2.45, 2.75) is 0 Å². The van der Waals surface area contributed by atoms with Gasteiger partial charge in [-0.3, -0.25) is 0 Å². The van der Waals surface area contributed by atoms with Gasteiger partial charge in [-0.25, -0.2) is 24.9 Å². The summed E-state index contributed by atoms with van der Waals surface area (Å²) in [5.74, 6) is 2.59. The number of fused-ring (bicyclic) bond motifs is 2. The molecule has 10 aromatic rings. The molecule has 2 aromatic heterocycles. The standard InChI is InChI=1S/C51H33N5/c1-5-15-34(16-6-1)42-23-13-25-44-43(42)24-14-26-45(44)47-33-46(52-48(53-47)35-17-7-2-8-18-35)40-29-27-39-32-41(30-28-38(39)31-40)51-55-49(36-19-9-3-10-20-36)54-50(56-51)37-21-11-4-12-22-37/h1-33H. The van der Waals surface area contributed by atoms with Crippen molar-refractivity contribution in [3.8, 4) is 79.2 Å². The van der Waals surface area contributed by atoms with Crippen LogP contribution in [0.5, 0.6) is 0 Å². The van der Waals surface area contributed by atoms with E-state index in [4.69, 9.17) is 24.9 Å². The van der Waals surface area contributed by atoms with Gasteiger partial charge >= 0.3 is 0 Å². The first-order valence-electron chi connectivity index (χ1n) is 18.7. The molecule has 0 saturated carbocycles. The van der Waals surface area contributed by atoms with E-state index in [9.17, 15) is 0 Å². The lowest BCUT2D eigenvalue weighted by Gasteiger charge is -2.13. The third-order valence-corrected chi connectivity index (χ3v) is 10.1. The molecular formula is C51H33N5. The Kier molecular flexibility index (Phi) is 8.43. The van der Waals surface area contributed by atoms with Crippen LogP contribution in [-0.4, -0.2) is 24.9 Å². The van der Waals surface area contributed by atoms with E-state index in [2.05, 4.69) is 121 Å². The van der Waals surface area contributed by atoms with Crippen molar-refractivity contribution in [2.24, 2.45) is 0 Å². The van der Waals surface area contributed by atoms with Gasteiger partial charge in [-0.15, -0.1) is 0 Å². The summed E-state index contributed by atoms with van der Waals surface area (Å²) in [7, 11) is 0. The molecule has 0 amide bonds. The van der Waals surface area contributed by atoms with Gasteiger partial charge in [0.15, 0.2) is 23.3 Å². The van der Waals surface area contributed by atoms with Crippen LogP contribution in [0.25, 0.3) is 101 Å². The second-order valence-electron chi connectivity index (χ2n) is 13.7. The molecule has 56 heavy (non-hydrogen) atoms. The summed E-state index contributed by atoms with van der Waals surface area (Å²) in [6, 6.07) is 68.8. The Hall–Kier alpha value is -7.63. The molecule has 10 rings (SSSR count). The maximum atomic E-state index is 5.19. The van der Waals surface area contributed by atoms with E-state index in [0.29, 0.717) is 23.3 Å². The molecule has 0 N–H and O–H groups in total. The summed E-state index contributed by atoms with van der Waals surface area (Å²) < 4.78 is 0. The summed E-state index contributed by atoms with van der Waals surface area (Å²) in [5, 5.41) is 4.50. The third-order valence-electron chi connectivity index (χ3n) is 10.1. The third kappa shape index (κ3) is 6.37. The number of hydrogen-bond acceptors (Lipinski definition) is 5. The maximum Gasteiger partial charge on any atom is 0.164 e. The van der Waals surface area contributed by atoms with E-state index in [0.717, 1.165) is 60.9 Å². The first-order chi connectivity index (χ1) is 27.7. The lowest BCUT2D eigenvalue weighted by Crippen LogP contribution is -2.00. The number of aromatic nitrogens is 5. The summed E-state index contributed by atoms with van der Waals surface area (Å²) in [6.07, 6.45) is 0. The van der Waals surface area contributed by atoms with Gasteiger partial charge in [0.25, 0.3) is 0 Å². The van der Waals surface area contributed by atoms with Crippen LogP contribution in [-0.2, 0) is 0 Å². The molecule has 0 saturated heterocycles. The van der Waals surface area contributed by atoms with Crippen molar-refractivity contribution >= 4 is 21.5 Å². The Balaban J connectivity index is 1.08.